The molecule has 3 heterocycles. The molecule has 0 unspecified atom stereocenters. The van der Waals surface area contributed by atoms with Gasteiger partial charge in [0.1, 0.15) is 0 Å². The average molecular weight is 421 g/mol. The Morgan fingerprint density at radius 1 is 1.07 bits per heavy atom. The predicted octanol–water partition coefficient (Wildman–Crippen LogP) is 2.93. The van der Waals surface area contributed by atoms with E-state index in [2.05, 4.69) is 19.9 Å². The smallest absolute Gasteiger partial charge is 0.267 e. The Kier molecular flexibility index (Phi) is 4.79. The first kappa shape index (κ1) is 19.2. The van der Waals surface area contributed by atoms with Crippen molar-refractivity contribution in [2.45, 2.75) is 39.3 Å². The zero-order chi connectivity index (χ0) is 20.8. The van der Waals surface area contributed by atoms with Gasteiger partial charge < -0.3 is 4.90 Å². The second-order valence-corrected chi connectivity index (χ2v) is 8.77. The summed E-state index contributed by atoms with van der Waals surface area (Å²) in [6.45, 7) is 7.29. The fourth-order valence-electron chi connectivity index (χ4n) is 4.56. The van der Waals surface area contributed by atoms with E-state index < -0.39 is 0 Å². The van der Waals surface area contributed by atoms with E-state index in [1.165, 1.54) is 17.7 Å². The van der Waals surface area contributed by atoms with Crippen LogP contribution >= 0.6 is 12.2 Å². The van der Waals surface area contributed by atoms with Gasteiger partial charge in [-0.25, -0.2) is 4.57 Å². The van der Waals surface area contributed by atoms with Gasteiger partial charge in [0.2, 0.25) is 10.5 Å². The van der Waals surface area contributed by atoms with Gasteiger partial charge in [-0.15, -0.1) is 5.10 Å². The lowest BCUT2D eigenvalue weighted by Crippen LogP contribution is -3.09. The van der Waals surface area contributed by atoms with Crippen molar-refractivity contribution in [3.05, 3.63) is 69.2 Å². The fraction of sp³-hybridized carbons (Fsp3) is 0.348. The second-order valence-electron chi connectivity index (χ2n) is 8.40. The Bertz CT molecular complexity index is 1360. The number of likely N-dealkylation sites (tertiary alicyclic amines) is 1. The molecule has 30 heavy (non-hydrogen) atoms. The first-order valence-corrected chi connectivity index (χ1v) is 11.0. The van der Waals surface area contributed by atoms with Crippen molar-refractivity contribution in [3.63, 3.8) is 0 Å². The molecule has 6 nitrogen and oxygen atoms in total. The maximum atomic E-state index is 13.6. The van der Waals surface area contributed by atoms with Gasteiger partial charge in [-0.3, -0.25) is 9.20 Å². The molecule has 4 aromatic rings. The molecule has 1 aliphatic heterocycles. The molecule has 0 saturated carbocycles. The van der Waals surface area contributed by atoms with E-state index in [4.69, 9.17) is 17.3 Å². The highest BCUT2D eigenvalue weighted by molar-refractivity contribution is 7.71. The Balaban J connectivity index is 1.87. The van der Waals surface area contributed by atoms with Gasteiger partial charge in [0.25, 0.3) is 5.56 Å². The molecule has 1 fully saturated rings. The van der Waals surface area contributed by atoms with Crippen LogP contribution in [0.1, 0.15) is 38.2 Å². The van der Waals surface area contributed by atoms with Crippen molar-refractivity contribution in [2.75, 3.05) is 13.1 Å². The van der Waals surface area contributed by atoms with E-state index in [0.717, 1.165) is 36.5 Å². The van der Waals surface area contributed by atoms with Crippen LogP contribution in [0.3, 0.4) is 0 Å². The van der Waals surface area contributed by atoms with Gasteiger partial charge in [-0.05, 0) is 41.9 Å². The van der Waals surface area contributed by atoms with Gasteiger partial charge in [-0.1, -0.05) is 44.2 Å². The Morgan fingerprint density at radius 2 is 1.77 bits per heavy atom. The molecule has 5 rings (SSSR count). The lowest BCUT2D eigenvalue weighted by molar-refractivity contribution is -0.911. The van der Waals surface area contributed by atoms with E-state index >= 15 is 0 Å². The van der Waals surface area contributed by atoms with Gasteiger partial charge in [-0.2, -0.15) is 4.68 Å². The van der Waals surface area contributed by atoms with E-state index in [1.807, 2.05) is 51.5 Å². The monoisotopic (exact) mass is 420 g/mol. The largest absolute Gasteiger partial charge is 0.316 e. The summed E-state index contributed by atoms with van der Waals surface area (Å²) in [7, 11) is 0. The van der Waals surface area contributed by atoms with Crippen LogP contribution in [0.4, 0.5) is 0 Å². The van der Waals surface area contributed by atoms with Crippen molar-refractivity contribution >= 4 is 28.9 Å². The molecule has 2 aromatic carbocycles. The zero-order valence-corrected chi connectivity index (χ0v) is 18.2. The van der Waals surface area contributed by atoms with Crippen molar-refractivity contribution in [1.29, 1.82) is 0 Å². The molecule has 0 spiro atoms. The normalized spacial score (nSPS) is 15.0. The standard InChI is InChI=1S/C23H25N5OS/c1-16(2)17-9-3-5-11-19(17)27-21(29)18-10-4-6-12-20(18)28-22(27)24-26(23(28)30)15-25-13-7-8-14-25/h3-6,9-12,16H,7-8,13-15H2,1-2H3/p+1. The highest BCUT2D eigenvalue weighted by Gasteiger charge is 2.22. The number of nitrogens with one attached hydrogen (secondary N) is 1. The number of rotatable bonds is 4. The minimum Gasteiger partial charge on any atom is -0.316 e. The van der Waals surface area contributed by atoms with Crippen LogP contribution in [-0.2, 0) is 6.67 Å². The summed E-state index contributed by atoms with van der Waals surface area (Å²) < 4.78 is 6.23. The van der Waals surface area contributed by atoms with Crippen molar-refractivity contribution in [3.8, 4) is 5.69 Å². The first-order valence-electron chi connectivity index (χ1n) is 10.6. The number of hydrogen-bond donors (Lipinski definition) is 1. The molecule has 0 atom stereocenters. The number of benzene rings is 2. The molecule has 0 aliphatic carbocycles. The third-order valence-corrected chi connectivity index (χ3v) is 6.48. The van der Waals surface area contributed by atoms with E-state index in [0.29, 0.717) is 15.9 Å². The molecule has 154 valence electrons. The van der Waals surface area contributed by atoms with Crippen LogP contribution < -0.4 is 10.5 Å². The topological polar surface area (TPSA) is 48.7 Å². The highest BCUT2D eigenvalue weighted by Crippen LogP contribution is 2.24. The molecule has 0 bridgehead atoms. The Labute approximate surface area is 180 Å². The maximum absolute atomic E-state index is 13.6. The number of aromatic nitrogens is 4. The molecule has 0 radical (unpaired) electrons. The van der Waals surface area contributed by atoms with Crippen LogP contribution in [0.15, 0.2) is 53.3 Å². The van der Waals surface area contributed by atoms with E-state index in [1.54, 1.807) is 4.57 Å². The Morgan fingerprint density at radius 3 is 2.53 bits per heavy atom. The summed E-state index contributed by atoms with van der Waals surface area (Å²) in [5.41, 5.74) is 2.73. The molecule has 0 amide bonds. The summed E-state index contributed by atoms with van der Waals surface area (Å²) in [6, 6.07) is 15.7. The average Bonchev–Trinajstić information content (AvgIpc) is 3.37. The predicted molar refractivity (Wildman–Crippen MR) is 121 cm³/mol. The quantitative estimate of drug-likeness (QED) is 0.517. The summed E-state index contributed by atoms with van der Waals surface area (Å²) in [5, 5.41) is 5.53. The number of hydrogen-bond acceptors (Lipinski definition) is 3. The lowest BCUT2D eigenvalue weighted by atomic mass is 10.0. The Hall–Kier alpha value is -2.77. The third-order valence-electron chi connectivity index (χ3n) is 6.08. The maximum Gasteiger partial charge on any atom is 0.267 e. The van der Waals surface area contributed by atoms with E-state index in [9.17, 15) is 4.79 Å². The summed E-state index contributed by atoms with van der Waals surface area (Å²) in [4.78, 5) is 15.1. The minimum absolute atomic E-state index is 0.0631. The number of para-hydroxylation sites is 2. The lowest BCUT2D eigenvalue weighted by Gasteiger charge is -2.16. The van der Waals surface area contributed by atoms with Gasteiger partial charge in [0.05, 0.1) is 29.7 Å². The van der Waals surface area contributed by atoms with Crippen molar-refractivity contribution < 1.29 is 4.90 Å². The van der Waals surface area contributed by atoms with Gasteiger partial charge >= 0.3 is 0 Å². The molecule has 1 N–H and O–H groups in total. The summed E-state index contributed by atoms with van der Waals surface area (Å²) in [6.07, 6.45) is 2.48. The van der Waals surface area contributed by atoms with Crippen LogP contribution in [0.2, 0.25) is 0 Å². The van der Waals surface area contributed by atoms with Crippen molar-refractivity contribution in [1.82, 2.24) is 18.7 Å². The third kappa shape index (κ3) is 3.00. The van der Waals surface area contributed by atoms with Crippen LogP contribution in [0.5, 0.6) is 0 Å². The molecular weight excluding hydrogens is 394 g/mol. The first-order chi connectivity index (χ1) is 14.6. The number of fused-ring (bicyclic) bond motifs is 3. The van der Waals surface area contributed by atoms with Crippen LogP contribution in [0, 0.1) is 4.77 Å². The molecule has 7 heteroatoms. The highest BCUT2D eigenvalue weighted by atomic mass is 32.1. The summed E-state index contributed by atoms with van der Waals surface area (Å²) in [5.74, 6) is 0.856. The zero-order valence-electron chi connectivity index (χ0n) is 17.3. The second kappa shape index (κ2) is 7.49. The minimum atomic E-state index is -0.0631. The molecular formula is C23H26N5OS+. The molecule has 2 aromatic heterocycles. The number of nitrogens with zero attached hydrogens (tertiary/aromatic N) is 4. The molecule has 1 saturated heterocycles. The van der Waals surface area contributed by atoms with Crippen LogP contribution in [-0.4, -0.2) is 31.8 Å². The van der Waals surface area contributed by atoms with Gasteiger partial charge in [0, 0.05) is 12.8 Å². The van der Waals surface area contributed by atoms with Crippen molar-refractivity contribution in [2.24, 2.45) is 0 Å². The van der Waals surface area contributed by atoms with E-state index in [-0.39, 0.29) is 11.5 Å². The fourth-order valence-corrected chi connectivity index (χ4v) is 4.84. The van der Waals surface area contributed by atoms with Crippen LogP contribution in [0.25, 0.3) is 22.4 Å². The number of quaternary nitrogens is 1. The SMILES string of the molecule is CC(C)c1ccccc1-n1c(=O)c2ccccc2n2c(=S)n(C[NH+]3CCCC3)nc12. The van der Waals surface area contributed by atoms with Gasteiger partial charge in [0.15, 0.2) is 6.67 Å². The summed E-state index contributed by atoms with van der Waals surface area (Å²) >= 11 is 5.86. The molecule has 1 aliphatic rings.